The molecule has 3 aromatic rings. The van der Waals surface area contributed by atoms with Crippen molar-refractivity contribution in [3.8, 4) is 11.1 Å². The highest BCUT2D eigenvalue weighted by Gasteiger charge is 2.37. The molecule has 4 N–H and O–H groups in total. The number of benzene rings is 3. The summed E-state index contributed by atoms with van der Waals surface area (Å²) in [4.78, 5) is 12.3. The van der Waals surface area contributed by atoms with Crippen LogP contribution in [0.1, 0.15) is 42.7 Å². The third kappa shape index (κ3) is 8.14. The van der Waals surface area contributed by atoms with Gasteiger partial charge in [0, 0.05) is 18.5 Å². The van der Waals surface area contributed by atoms with Crippen LogP contribution in [0.25, 0.3) is 11.1 Å². The fourth-order valence-corrected chi connectivity index (χ4v) is 4.16. The van der Waals surface area contributed by atoms with Gasteiger partial charge in [0.2, 0.25) is 5.91 Å². The van der Waals surface area contributed by atoms with E-state index in [-0.39, 0.29) is 30.7 Å². The zero-order valence-electron chi connectivity index (χ0n) is 19.4. The fraction of sp³-hybridized carbons (Fsp3) is 0.321. The Morgan fingerprint density at radius 1 is 0.853 bits per heavy atom. The van der Waals surface area contributed by atoms with Crippen molar-refractivity contribution >= 4 is 30.7 Å². The van der Waals surface area contributed by atoms with E-state index < -0.39 is 6.04 Å². The van der Waals surface area contributed by atoms with Crippen molar-refractivity contribution in [2.45, 2.75) is 50.2 Å². The molecule has 0 saturated heterocycles. The standard InChI is InChI=1S/C28H33N3O.2ClH/c29-26(13-7-8-18-30-27-19-25(27)24-11-5-2-6-12-24)28(32)31-20-21-14-16-23(17-15-21)22-9-3-1-4-10-22;;/h1-6,9-12,14-17,25-27,30H,7-8,13,18-20,29H2,(H,31,32);2*1H. The Hall–Kier alpha value is -2.37. The van der Waals surface area contributed by atoms with Gasteiger partial charge in [0.05, 0.1) is 6.04 Å². The Kier molecular flexibility index (Phi) is 11.6. The predicted octanol–water partition coefficient (Wildman–Crippen LogP) is 5.46. The molecule has 3 atom stereocenters. The molecule has 6 heteroatoms. The molecule has 0 spiro atoms. The summed E-state index contributed by atoms with van der Waals surface area (Å²) in [6.45, 7) is 1.49. The predicted molar refractivity (Wildman–Crippen MR) is 146 cm³/mol. The number of hydrogen-bond donors (Lipinski definition) is 3. The van der Waals surface area contributed by atoms with Crippen molar-refractivity contribution in [1.29, 1.82) is 0 Å². The summed E-state index contributed by atoms with van der Waals surface area (Å²) in [5.74, 6) is 0.586. The number of nitrogens with two attached hydrogens (primary N) is 1. The highest BCUT2D eigenvalue weighted by Crippen LogP contribution is 2.40. The molecule has 3 unspecified atom stereocenters. The van der Waals surface area contributed by atoms with Crippen molar-refractivity contribution in [2.24, 2.45) is 5.73 Å². The Balaban J connectivity index is 0.00000204. The fourth-order valence-electron chi connectivity index (χ4n) is 4.16. The third-order valence-electron chi connectivity index (χ3n) is 6.23. The SMILES string of the molecule is Cl.Cl.NC(CCCCNC1CC1c1ccccc1)C(=O)NCc1ccc(-c2ccccc2)cc1. The quantitative estimate of drug-likeness (QED) is 0.307. The molecular weight excluding hydrogens is 465 g/mol. The lowest BCUT2D eigenvalue weighted by atomic mass is 10.0. The van der Waals surface area contributed by atoms with Crippen LogP contribution in [0.3, 0.4) is 0 Å². The highest BCUT2D eigenvalue weighted by molar-refractivity contribution is 5.85. The normalized spacial score (nSPS) is 17.1. The average Bonchev–Trinajstić information content (AvgIpc) is 3.63. The van der Waals surface area contributed by atoms with Crippen LogP contribution in [0.5, 0.6) is 0 Å². The Morgan fingerprint density at radius 3 is 2.15 bits per heavy atom. The van der Waals surface area contributed by atoms with Crippen LogP contribution in [0.15, 0.2) is 84.9 Å². The number of amides is 1. The third-order valence-corrected chi connectivity index (χ3v) is 6.23. The molecule has 0 heterocycles. The zero-order chi connectivity index (χ0) is 22.2. The van der Waals surface area contributed by atoms with Crippen molar-refractivity contribution < 1.29 is 4.79 Å². The maximum absolute atomic E-state index is 12.3. The second kappa shape index (κ2) is 14.1. The molecule has 182 valence electrons. The topological polar surface area (TPSA) is 67.1 Å². The minimum Gasteiger partial charge on any atom is -0.351 e. The minimum atomic E-state index is -0.448. The summed E-state index contributed by atoms with van der Waals surface area (Å²) in [7, 11) is 0. The second-order valence-electron chi connectivity index (χ2n) is 8.70. The lowest BCUT2D eigenvalue weighted by Crippen LogP contribution is -2.40. The van der Waals surface area contributed by atoms with Crippen LogP contribution >= 0.6 is 24.8 Å². The Morgan fingerprint density at radius 2 is 1.47 bits per heavy atom. The first-order valence-corrected chi connectivity index (χ1v) is 11.7. The number of rotatable bonds is 11. The zero-order valence-corrected chi connectivity index (χ0v) is 21.0. The van der Waals surface area contributed by atoms with Gasteiger partial charge in [-0.25, -0.2) is 0 Å². The van der Waals surface area contributed by atoms with Gasteiger partial charge in [-0.1, -0.05) is 91.3 Å². The van der Waals surface area contributed by atoms with Gasteiger partial charge in [-0.15, -0.1) is 24.8 Å². The summed E-state index contributed by atoms with van der Waals surface area (Å²) >= 11 is 0. The van der Waals surface area contributed by atoms with E-state index in [1.165, 1.54) is 23.1 Å². The molecule has 4 nitrogen and oxygen atoms in total. The van der Waals surface area contributed by atoms with Crippen molar-refractivity contribution in [1.82, 2.24) is 10.6 Å². The summed E-state index contributed by atoms with van der Waals surface area (Å²) < 4.78 is 0. The molecule has 1 saturated carbocycles. The summed E-state index contributed by atoms with van der Waals surface area (Å²) in [5.41, 5.74) is 11.0. The van der Waals surface area contributed by atoms with Crippen molar-refractivity contribution in [3.63, 3.8) is 0 Å². The Labute approximate surface area is 215 Å². The summed E-state index contributed by atoms with van der Waals surface area (Å²) in [6.07, 6.45) is 3.93. The largest absolute Gasteiger partial charge is 0.351 e. The van der Waals surface area contributed by atoms with E-state index in [0.29, 0.717) is 24.9 Å². The van der Waals surface area contributed by atoms with E-state index in [1.807, 2.05) is 18.2 Å². The second-order valence-corrected chi connectivity index (χ2v) is 8.70. The Bertz CT molecular complexity index is 984. The molecule has 1 aliphatic carbocycles. The van der Waals surface area contributed by atoms with Crippen LogP contribution in [-0.4, -0.2) is 24.5 Å². The van der Waals surface area contributed by atoms with Crippen LogP contribution in [0.2, 0.25) is 0 Å². The molecular formula is C28H35Cl2N3O. The van der Waals surface area contributed by atoms with Gasteiger partial charge in [0.15, 0.2) is 0 Å². The molecule has 1 amide bonds. The van der Waals surface area contributed by atoms with E-state index in [1.54, 1.807) is 0 Å². The molecule has 1 fully saturated rings. The average molecular weight is 501 g/mol. The molecule has 1 aliphatic rings. The van der Waals surface area contributed by atoms with Gasteiger partial charge in [0.25, 0.3) is 0 Å². The lowest BCUT2D eigenvalue weighted by Gasteiger charge is -2.13. The molecule has 0 bridgehead atoms. The smallest absolute Gasteiger partial charge is 0.237 e. The van der Waals surface area contributed by atoms with Gasteiger partial charge in [0.1, 0.15) is 0 Å². The van der Waals surface area contributed by atoms with E-state index in [9.17, 15) is 4.79 Å². The summed E-state index contributed by atoms with van der Waals surface area (Å²) in [6, 6.07) is 29.4. The number of nitrogens with one attached hydrogen (secondary N) is 2. The number of halogens is 2. The number of hydrogen-bond acceptors (Lipinski definition) is 3. The molecule has 0 aliphatic heterocycles. The van der Waals surface area contributed by atoms with Gasteiger partial charge in [-0.05, 0) is 48.1 Å². The van der Waals surface area contributed by atoms with Crippen LogP contribution in [0.4, 0.5) is 0 Å². The molecule has 0 aromatic heterocycles. The molecule has 3 aromatic carbocycles. The highest BCUT2D eigenvalue weighted by atomic mass is 35.5. The first-order valence-electron chi connectivity index (χ1n) is 11.7. The van der Waals surface area contributed by atoms with Crippen LogP contribution in [-0.2, 0) is 11.3 Å². The van der Waals surface area contributed by atoms with Gasteiger partial charge >= 0.3 is 0 Å². The molecule has 4 rings (SSSR count). The maximum Gasteiger partial charge on any atom is 0.237 e. The van der Waals surface area contributed by atoms with Gasteiger partial charge < -0.3 is 16.4 Å². The number of carbonyl (C=O) groups excluding carboxylic acids is 1. The first kappa shape index (κ1) is 27.9. The van der Waals surface area contributed by atoms with E-state index in [2.05, 4.69) is 77.4 Å². The minimum absolute atomic E-state index is 0. The van der Waals surface area contributed by atoms with Crippen LogP contribution in [0, 0.1) is 0 Å². The summed E-state index contributed by atoms with van der Waals surface area (Å²) in [5, 5.41) is 6.60. The van der Waals surface area contributed by atoms with E-state index in [4.69, 9.17) is 5.73 Å². The number of unbranched alkanes of at least 4 members (excludes halogenated alkanes) is 1. The maximum atomic E-state index is 12.3. The van der Waals surface area contributed by atoms with Gasteiger partial charge in [-0.2, -0.15) is 0 Å². The van der Waals surface area contributed by atoms with Crippen LogP contribution < -0.4 is 16.4 Å². The first-order chi connectivity index (χ1) is 15.7. The number of carbonyl (C=O) groups is 1. The van der Waals surface area contributed by atoms with Gasteiger partial charge in [-0.3, -0.25) is 4.79 Å². The lowest BCUT2D eigenvalue weighted by molar-refractivity contribution is -0.122. The van der Waals surface area contributed by atoms with Crippen molar-refractivity contribution in [3.05, 3.63) is 96.1 Å². The van der Waals surface area contributed by atoms with E-state index in [0.717, 1.165) is 24.9 Å². The van der Waals surface area contributed by atoms with Crippen molar-refractivity contribution in [2.75, 3.05) is 6.54 Å². The molecule has 34 heavy (non-hydrogen) atoms. The van der Waals surface area contributed by atoms with E-state index >= 15 is 0 Å². The monoisotopic (exact) mass is 499 g/mol. The molecule has 0 radical (unpaired) electrons.